The Morgan fingerprint density at radius 2 is 1.49 bits per heavy atom. The zero-order valence-electron chi connectivity index (χ0n) is 24.8. The van der Waals surface area contributed by atoms with E-state index in [1.54, 1.807) is 43.3 Å². The molecule has 3 rings (SSSR count). The maximum absolute atomic E-state index is 14.0. The first-order valence-electron chi connectivity index (χ1n) is 14.1. The van der Waals surface area contributed by atoms with Crippen molar-refractivity contribution in [1.82, 2.24) is 10.2 Å². The van der Waals surface area contributed by atoms with Gasteiger partial charge in [-0.1, -0.05) is 91.1 Å². The van der Waals surface area contributed by atoms with Crippen LogP contribution >= 0.6 is 34.8 Å². The summed E-state index contributed by atoms with van der Waals surface area (Å²) in [7, 11) is -3.67. The highest BCUT2D eigenvalue weighted by atomic mass is 35.5. The number of amides is 2. The molecule has 0 saturated carbocycles. The fourth-order valence-corrected chi connectivity index (χ4v) is 6.38. The molecule has 0 radical (unpaired) electrons. The zero-order chi connectivity index (χ0) is 31.7. The highest BCUT2D eigenvalue weighted by molar-refractivity contribution is 7.92. The lowest BCUT2D eigenvalue weighted by Crippen LogP contribution is -2.51. The number of carbonyl (C=O) groups excluding carboxylic acids is 2. The lowest BCUT2D eigenvalue weighted by Gasteiger charge is -2.32. The van der Waals surface area contributed by atoms with Gasteiger partial charge in [0.25, 0.3) is 0 Å². The maximum Gasteiger partial charge on any atom is 0.243 e. The fourth-order valence-electron chi connectivity index (χ4n) is 4.68. The molecule has 0 fully saturated rings. The number of sulfonamides is 1. The molecule has 0 aliphatic rings. The van der Waals surface area contributed by atoms with Crippen LogP contribution in [0.25, 0.3) is 0 Å². The molecule has 0 aromatic heterocycles. The van der Waals surface area contributed by atoms with Gasteiger partial charge in [0.1, 0.15) is 6.04 Å². The number of rotatable bonds is 14. The first-order valence-corrected chi connectivity index (χ1v) is 17.0. The molecule has 0 heterocycles. The van der Waals surface area contributed by atoms with Crippen molar-refractivity contribution >= 4 is 62.3 Å². The molecular formula is C32H38Cl3N3O4S. The van der Waals surface area contributed by atoms with E-state index < -0.39 is 16.1 Å². The van der Waals surface area contributed by atoms with E-state index in [1.165, 1.54) is 9.21 Å². The second kappa shape index (κ2) is 15.8. The Balaban J connectivity index is 1.94. The van der Waals surface area contributed by atoms with Gasteiger partial charge in [0.2, 0.25) is 21.8 Å². The van der Waals surface area contributed by atoms with Crippen molar-refractivity contribution in [3.8, 4) is 0 Å². The Morgan fingerprint density at radius 1 is 0.884 bits per heavy atom. The van der Waals surface area contributed by atoms with Crippen molar-refractivity contribution < 1.29 is 18.0 Å². The lowest BCUT2D eigenvalue weighted by molar-refractivity contribution is -0.141. The standard InChI is InChI=1S/C32H38Cl3N3O4S/c1-22(2)20-36-32(40)30(19-24-11-6-5-7-12-24)37(21-25-27(34)14-8-15-28(25)35)31(39)17-10-18-38(43(4,41)42)29-16-9-13-26(33)23(29)3/h5-9,11-16,22,30H,10,17-21H2,1-4H3,(H,36,40)/t30-/m1/s1. The van der Waals surface area contributed by atoms with E-state index in [-0.39, 0.29) is 50.1 Å². The molecule has 0 spiro atoms. The Hall–Kier alpha value is -2.78. The highest BCUT2D eigenvalue weighted by Crippen LogP contribution is 2.30. The minimum absolute atomic E-state index is 0.00707. The fraction of sp³-hybridized carbons (Fsp3) is 0.375. The van der Waals surface area contributed by atoms with Crippen LogP contribution in [0, 0.1) is 12.8 Å². The zero-order valence-corrected chi connectivity index (χ0v) is 27.9. The Kier molecular flexibility index (Phi) is 12.8. The predicted octanol–water partition coefficient (Wildman–Crippen LogP) is 6.91. The summed E-state index contributed by atoms with van der Waals surface area (Å²) in [5, 5.41) is 4.19. The van der Waals surface area contributed by atoms with Crippen LogP contribution in [0.15, 0.2) is 66.7 Å². The second-order valence-electron chi connectivity index (χ2n) is 10.9. The largest absolute Gasteiger partial charge is 0.354 e. The molecule has 0 bridgehead atoms. The van der Waals surface area contributed by atoms with Crippen molar-refractivity contribution in [1.29, 1.82) is 0 Å². The predicted molar refractivity (Wildman–Crippen MR) is 176 cm³/mol. The molecular weight excluding hydrogens is 629 g/mol. The van der Waals surface area contributed by atoms with Gasteiger partial charge in [-0.15, -0.1) is 0 Å². The number of anilines is 1. The molecule has 0 unspecified atom stereocenters. The molecule has 43 heavy (non-hydrogen) atoms. The molecule has 7 nitrogen and oxygen atoms in total. The van der Waals surface area contributed by atoms with E-state index in [1.807, 2.05) is 44.2 Å². The number of hydrogen-bond acceptors (Lipinski definition) is 4. The Labute approximate surface area is 270 Å². The average Bonchev–Trinajstić information content (AvgIpc) is 2.94. The topological polar surface area (TPSA) is 86.8 Å². The molecule has 0 aliphatic carbocycles. The average molecular weight is 667 g/mol. The molecule has 1 N–H and O–H groups in total. The van der Waals surface area contributed by atoms with Gasteiger partial charge in [-0.3, -0.25) is 13.9 Å². The third kappa shape index (κ3) is 9.86. The van der Waals surface area contributed by atoms with Crippen molar-refractivity contribution in [2.45, 2.75) is 52.6 Å². The van der Waals surface area contributed by atoms with Gasteiger partial charge >= 0.3 is 0 Å². The summed E-state index contributed by atoms with van der Waals surface area (Å²) in [6.45, 7) is 6.24. The van der Waals surface area contributed by atoms with Gasteiger partial charge in [-0.25, -0.2) is 8.42 Å². The van der Waals surface area contributed by atoms with Gasteiger partial charge in [0.15, 0.2) is 0 Å². The van der Waals surface area contributed by atoms with E-state index in [4.69, 9.17) is 34.8 Å². The Morgan fingerprint density at radius 3 is 2.09 bits per heavy atom. The van der Waals surface area contributed by atoms with Gasteiger partial charge in [0.05, 0.1) is 11.9 Å². The Bertz CT molecular complexity index is 1500. The summed E-state index contributed by atoms with van der Waals surface area (Å²) in [4.78, 5) is 29.2. The van der Waals surface area contributed by atoms with Crippen molar-refractivity contribution in [3.05, 3.63) is 98.5 Å². The van der Waals surface area contributed by atoms with Crippen molar-refractivity contribution in [2.24, 2.45) is 5.92 Å². The summed E-state index contributed by atoms with van der Waals surface area (Å²) in [6.07, 6.45) is 1.58. The van der Waals surface area contributed by atoms with E-state index in [2.05, 4.69) is 5.32 Å². The number of benzene rings is 3. The normalized spacial score (nSPS) is 12.2. The van der Waals surface area contributed by atoms with Gasteiger partial charge in [-0.05, 0) is 54.7 Å². The van der Waals surface area contributed by atoms with E-state index >= 15 is 0 Å². The third-order valence-electron chi connectivity index (χ3n) is 7.01. The minimum Gasteiger partial charge on any atom is -0.354 e. The molecule has 3 aromatic carbocycles. The van der Waals surface area contributed by atoms with Gasteiger partial charge in [0, 0.05) is 53.1 Å². The minimum atomic E-state index is -3.67. The summed E-state index contributed by atoms with van der Waals surface area (Å²) in [5.74, 6) is -0.408. The number of halogens is 3. The van der Waals surface area contributed by atoms with Crippen LogP contribution in [-0.2, 0) is 32.6 Å². The molecule has 3 aromatic rings. The van der Waals surface area contributed by atoms with E-state index in [0.29, 0.717) is 38.4 Å². The van der Waals surface area contributed by atoms with Crippen LogP contribution in [0.2, 0.25) is 15.1 Å². The van der Waals surface area contributed by atoms with E-state index in [0.717, 1.165) is 11.8 Å². The van der Waals surface area contributed by atoms with E-state index in [9.17, 15) is 18.0 Å². The van der Waals surface area contributed by atoms with Crippen LogP contribution in [0.4, 0.5) is 5.69 Å². The van der Waals surface area contributed by atoms with Crippen molar-refractivity contribution in [2.75, 3.05) is 23.7 Å². The second-order valence-corrected chi connectivity index (χ2v) is 14.0. The maximum atomic E-state index is 14.0. The van der Waals surface area contributed by atoms with Crippen molar-refractivity contribution in [3.63, 3.8) is 0 Å². The SMILES string of the molecule is Cc1c(Cl)cccc1N(CCCC(=O)N(Cc1c(Cl)cccc1Cl)[C@H](Cc1ccccc1)C(=O)NCC(C)C)S(C)(=O)=O. The number of nitrogens with zero attached hydrogens (tertiary/aromatic N) is 2. The molecule has 11 heteroatoms. The summed E-state index contributed by atoms with van der Waals surface area (Å²) in [5.41, 5.74) is 2.49. The van der Waals surface area contributed by atoms with Crippen LogP contribution in [0.5, 0.6) is 0 Å². The number of hydrogen-bond donors (Lipinski definition) is 1. The number of carbonyl (C=O) groups is 2. The first kappa shape index (κ1) is 34.7. The van der Waals surface area contributed by atoms with Crippen LogP contribution < -0.4 is 9.62 Å². The van der Waals surface area contributed by atoms with Crippen LogP contribution in [0.3, 0.4) is 0 Å². The summed E-state index contributed by atoms with van der Waals surface area (Å²) in [6, 6.07) is 18.8. The monoisotopic (exact) mass is 665 g/mol. The highest BCUT2D eigenvalue weighted by Gasteiger charge is 2.31. The molecule has 2 amide bonds. The number of nitrogens with one attached hydrogen (secondary N) is 1. The third-order valence-corrected chi connectivity index (χ3v) is 9.30. The first-order chi connectivity index (χ1) is 20.3. The van der Waals surface area contributed by atoms with Gasteiger partial charge < -0.3 is 10.2 Å². The molecule has 1 atom stereocenters. The summed E-state index contributed by atoms with van der Waals surface area (Å²) < 4.78 is 26.8. The quantitative estimate of drug-likeness (QED) is 0.203. The smallest absolute Gasteiger partial charge is 0.243 e. The molecule has 0 saturated heterocycles. The molecule has 0 aliphatic heterocycles. The summed E-state index contributed by atoms with van der Waals surface area (Å²) >= 11 is 19.3. The van der Waals surface area contributed by atoms with Gasteiger partial charge in [-0.2, -0.15) is 0 Å². The van der Waals surface area contributed by atoms with Crippen LogP contribution in [-0.4, -0.2) is 50.5 Å². The van der Waals surface area contributed by atoms with Crippen LogP contribution in [0.1, 0.15) is 43.4 Å². The lowest BCUT2D eigenvalue weighted by atomic mass is 10.0. The molecule has 232 valence electrons.